The fourth-order valence-corrected chi connectivity index (χ4v) is 2.35. The van der Waals surface area contributed by atoms with E-state index < -0.39 is 11.6 Å². The van der Waals surface area contributed by atoms with Gasteiger partial charge in [-0.1, -0.05) is 15.9 Å². The van der Waals surface area contributed by atoms with Crippen LogP contribution < -0.4 is 4.90 Å². The number of alkyl halides is 1. The first kappa shape index (κ1) is 11.5. The van der Waals surface area contributed by atoms with Crippen LogP contribution in [0.25, 0.3) is 0 Å². The summed E-state index contributed by atoms with van der Waals surface area (Å²) in [6.07, 6.45) is 1.58. The van der Waals surface area contributed by atoms with E-state index in [4.69, 9.17) is 0 Å². The van der Waals surface area contributed by atoms with E-state index >= 15 is 0 Å². The molecular formula is C11H10BrF2NO. The minimum atomic E-state index is -0.667. The summed E-state index contributed by atoms with van der Waals surface area (Å²) in [5.41, 5.74) is 0.284. The molecule has 5 heteroatoms. The Labute approximate surface area is 100 Å². The van der Waals surface area contributed by atoms with E-state index in [1.54, 1.807) is 0 Å². The van der Waals surface area contributed by atoms with Crippen LogP contribution >= 0.6 is 15.9 Å². The topological polar surface area (TPSA) is 20.3 Å². The van der Waals surface area contributed by atoms with Gasteiger partial charge in [0.15, 0.2) is 0 Å². The Hall–Kier alpha value is -0.970. The number of amides is 1. The van der Waals surface area contributed by atoms with E-state index in [2.05, 4.69) is 15.9 Å². The van der Waals surface area contributed by atoms with Crippen LogP contribution in [0.5, 0.6) is 0 Å². The van der Waals surface area contributed by atoms with Crippen molar-refractivity contribution in [2.45, 2.75) is 17.7 Å². The van der Waals surface area contributed by atoms with Crippen LogP contribution in [-0.4, -0.2) is 17.3 Å². The molecule has 2 rings (SSSR count). The maximum Gasteiger partial charge on any atom is 0.240 e. The molecule has 2 nitrogen and oxygen atoms in total. The summed E-state index contributed by atoms with van der Waals surface area (Å²) in [6, 6.07) is 3.14. The van der Waals surface area contributed by atoms with Gasteiger partial charge in [-0.25, -0.2) is 8.78 Å². The van der Waals surface area contributed by atoms with Crippen LogP contribution in [0.3, 0.4) is 0 Å². The average molecular weight is 290 g/mol. The monoisotopic (exact) mass is 289 g/mol. The van der Waals surface area contributed by atoms with Gasteiger partial charge in [-0.3, -0.25) is 4.79 Å². The van der Waals surface area contributed by atoms with Gasteiger partial charge in [0.05, 0.1) is 4.83 Å². The van der Waals surface area contributed by atoms with Crippen LogP contribution in [0.1, 0.15) is 12.8 Å². The van der Waals surface area contributed by atoms with E-state index in [-0.39, 0.29) is 16.4 Å². The Kier molecular flexibility index (Phi) is 3.23. The van der Waals surface area contributed by atoms with Crippen LogP contribution in [-0.2, 0) is 4.79 Å². The molecule has 0 radical (unpaired) electrons. The van der Waals surface area contributed by atoms with Gasteiger partial charge in [0.25, 0.3) is 0 Å². The minimum absolute atomic E-state index is 0.142. The molecule has 1 aliphatic rings. The lowest BCUT2D eigenvalue weighted by molar-refractivity contribution is -0.118. The summed E-state index contributed by atoms with van der Waals surface area (Å²) in [4.78, 5) is 12.9. The van der Waals surface area contributed by atoms with Crippen molar-refractivity contribution < 1.29 is 13.6 Å². The molecule has 86 valence electrons. The Morgan fingerprint density at radius 1 is 1.25 bits per heavy atom. The third kappa shape index (κ3) is 2.24. The molecule has 1 fully saturated rings. The zero-order chi connectivity index (χ0) is 11.7. The van der Waals surface area contributed by atoms with E-state index in [1.807, 2.05) is 0 Å². The standard InChI is InChI=1S/C11H10BrF2NO/c12-10-2-1-3-15(11(10)16)9-5-7(13)4-8(14)6-9/h4-6,10H,1-3H2. The highest BCUT2D eigenvalue weighted by molar-refractivity contribution is 9.10. The number of carbonyl (C=O) groups excluding carboxylic acids is 1. The SMILES string of the molecule is O=C1C(Br)CCCN1c1cc(F)cc(F)c1. The molecule has 1 heterocycles. The number of piperidine rings is 1. The Balaban J connectivity index is 2.32. The molecule has 16 heavy (non-hydrogen) atoms. The first-order valence-corrected chi connectivity index (χ1v) is 5.91. The van der Waals surface area contributed by atoms with Crippen molar-refractivity contribution in [1.29, 1.82) is 0 Å². The molecule has 1 aromatic rings. The van der Waals surface area contributed by atoms with Crippen LogP contribution in [0.15, 0.2) is 18.2 Å². The second-order valence-corrected chi connectivity index (χ2v) is 4.83. The third-order valence-corrected chi connectivity index (χ3v) is 3.38. The van der Waals surface area contributed by atoms with Crippen LogP contribution in [0, 0.1) is 11.6 Å². The second kappa shape index (κ2) is 4.49. The van der Waals surface area contributed by atoms with Crippen molar-refractivity contribution >= 4 is 27.5 Å². The predicted octanol–water partition coefficient (Wildman–Crippen LogP) is 2.86. The first-order chi connectivity index (χ1) is 7.58. The van der Waals surface area contributed by atoms with E-state index in [1.165, 1.54) is 17.0 Å². The van der Waals surface area contributed by atoms with Gasteiger partial charge in [-0.15, -0.1) is 0 Å². The fourth-order valence-electron chi connectivity index (χ4n) is 1.78. The lowest BCUT2D eigenvalue weighted by Gasteiger charge is -2.29. The Bertz CT molecular complexity index is 404. The zero-order valence-electron chi connectivity index (χ0n) is 8.42. The number of rotatable bonds is 1. The predicted molar refractivity (Wildman–Crippen MR) is 60.7 cm³/mol. The van der Waals surface area contributed by atoms with Gasteiger partial charge in [-0.2, -0.15) is 0 Å². The van der Waals surface area contributed by atoms with Crippen molar-refractivity contribution in [2.75, 3.05) is 11.4 Å². The summed E-state index contributed by atoms with van der Waals surface area (Å²) in [7, 11) is 0. The zero-order valence-corrected chi connectivity index (χ0v) is 10.0. The molecule has 1 aromatic carbocycles. The lowest BCUT2D eigenvalue weighted by atomic mass is 10.1. The van der Waals surface area contributed by atoms with Gasteiger partial charge < -0.3 is 4.90 Å². The lowest BCUT2D eigenvalue weighted by Crippen LogP contribution is -2.41. The molecular weight excluding hydrogens is 280 g/mol. The number of nitrogens with zero attached hydrogens (tertiary/aromatic N) is 1. The molecule has 0 aliphatic carbocycles. The molecule has 0 bridgehead atoms. The summed E-state index contributed by atoms with van der Waals surface area (Å²) in [5.74, 6) is -1.48. The van der Waals surface area contributed by atoms with Crippen molar-refractivity contribution in [3.63, 3.8) is 0 Å². The molecule has 1 unspecified atom stereocenters. The average Bonchev–Trinajstić information content (AvgIpc) is 2.20. The molecule has 0 spiro atoms. The fraction of sp³-hybridized carbons (Fsp3) is 0.364. The summed E-state index contributed by atoms with van der Waals surface area (Å²) >= 11 is 3.25. The van der Waals surface area contributed by atoms with Crippen molar-refractivity contribution in [3.8, 4) is 0 Å². The quantitative estimate of drug-likeness (QED) is 0.728. The van der Waals surface area contributed by atoms with Crippen molar-refractivity contribution in [3.05, 3.63) is 29.8 Å². The van der Waals surface area contributed by atoms with Gasteiger partial charge in [0.2, 0.25) is 5.91 Å². The number of anilines is 1. The highest BCUT2D eigenvalue weighted by Gasteiger charge is 2.27. The van der Waals surface area contributed by atoms with Crippen molar-refractivity contribution in [2.24, 2.45) is 0 Å². The number of halogens is 3. The van der Waals surface area contributed by atoms with E-state index in [0.717, 1.165) is 18.9 Å². The smallest absolute Gasteiger partial charge is 0.240 e. The van der Waals surface area contributed by atoms with Gasteiger partial charge in [0.1, 0.15) is 11.6 Å². The van der Waals surface area contributed by atoms with Crippen LogP contribution in [0.4, 0.5) is 14.5 Å². The summed E-state index contributed by atoms with van der Waals surface area (Å²) in [6.45, 7) is 0.504. The summed E-state index contributed by atoms with van der Waals surface area (Å²) < 4.78 is 26.0. The maximum atomic E-state index is 13.0. The van der Waals surface area contributed by atoms with E-state index in [0.29, 0.717) is 6.54 Å². The molecule has 1 atom stereocenters. The molecule has 1 aliphatic heterocycles. The van der Waals surface area contributed by atoms with Gasteiger partial charge in [-0.05, 0) is 25.0 Å². The highest BCUT2D eigenvalue weighted by atomic mass is 79.9. The van der Waals surface area contributed by atoms with Crippen molar-refractivity contribution in [1.82, 2.24) is 0 Å². The maximum absolute atomic E-state index is 13.0. The number of hydrogen-bond acceptors (Lipinski definition) is 1. The normalized spacial score (nSPS) is 21.3. The summed E-state index contributed by atoms with van der Waals surface area (Å²) in [5, 5.41) is 0. The molecule has 0 aromatic heterocycles. The van der Waals surface area contributed by atoms with E-state index in [9.17, 15) is 13.6 Å². The molecule has 0 saturated carbocycles. The first-order valence-electron chi connectivity index (χ1n) is 4.99. The van der Waals surface area contributed by atoms with Gasteiger partial charge in [0, 0.05) is 18.3 Å². The molecule has 1 saturated heterocycles. The molecule has 0 N–H and O–H groups in total. The highest BCUT2D eigenvalue weighted by Crippen LogP contribution is 2.25. The number of hydrogen-bond donors (Lipinski definition) is 0. The largest absolute Gasteiger partial charge is 0.311 e. The Morgan fingerprint density at radius 2 is 1.88 bits per heavy atom. The third-order valence-electron chi connectivity index (χ3n) is 2.53. The minimum Gasteiger partial charge on any atom is -0.311 e. The second-order valence-electron chi connectivity index (χ2n) is 3.73. The van der Waals surface area contributed by atoms with Gasteiger partial charge >= 0.3 is 0 Å². The number of benzene rings is 1. The molecule has 1 amide bonds. The number of carbonyl (C=O) groups is 1. The Morgan fingerprint density at radius 3 is 2.50 bits per heavy atom. The van der Waals surface area contributed by atoms with Crippen LogP contribution in [0.2, 0.25) is 0 Å².